The van der Waals surface area contributed by atoms with Crippen molar-refractivity contribution in [3.8, 4) is 0 Å². The van der Waals surface area contributed by atoms with Crippen molar-refractivity contribution in [1.82, 2.24) is 0 Å². The summed E-state index contributed by atoms with van der Waals surface area (Å²) in [5.41, 5.74) is 0.459. The molecule has 0 spiro atoms. The van der Waals surface area contributed by atoms with Crippen LogP contribution in [-0.2, 0) is 14.3 Å². The van der Waals surface area contributed by atoms with Gasteiger partial charge in [-0.25, -0.2) is 0 Å². The van der Waals surface area contributed by atoms with Gasteiger partial charge in [0, 0.05) is 16.9 Å². The molecule has 0 fully saturated rings. The lowest BCUT2D eigenvalue weighted by Gasteiger charge is -2.08. The third kappa shape index (κ3) is 3.40. The average Bonchev–Trinajstić information content (AvgIpc) is 2.18. The summed E-state index contributed by atoms with van der Waals surface area (Å²) in [6.07, 6.45) is 5.66. The minimum atomic E-state index is -0.499. The van der Waals surface area contributed by atoms with Gasteiger partial charge < -0.3 is 4.74 Å². The monoisotopic (exact) mass is 224 g/mol. The lowest BCUT2D eigenvalue weighted by molar-refractivity contribution is -0.144. The van der Waals surface area contributed by atoms with Crippen molar-refractivity contribution in [3.63, 3.8) is 0 Å². The van der Waals surface area contributed by atoms with Crippen molar-refractivity contribution in [3.05, 3.63) is 23.8 Å². The molecule has 0 bridgehead atoms. The van der Waals surface area contributed by atoms with Gasteiger partial charge in [-0.15, -0.1) is 0 Å². The molecule has 0 N–H and O–H groups in total. The molecular formula is C11H12O3S. The van der Waals surface area contributed by atoms with Crippen molar-refractivity contribution in [2.45, 2.75) is 19.8 Å². The lowest BCUT2D eigenvalue weighted by Crippen LogP contribution is -2.17. The van der Waals surface area contributed by atoms with E-state index in [1.54, 1.807) is 19.1 Å². The van der Waals surface area contributed by atoms with Gasteiger partial charge in [0.2, 0.25) is 0 Å². The predicted octanol–water partition coefficient (Wildman–Crippen LogP) is 1.76. The predicted molar refractivity (Wildman–Crippen MR) is 60.7 cm³/mol. The number of Topliss-reactive ketones (excluding diaryl/α,β-unsaturated/α-hetero) is 1. The highest BCUT2D eigenvalue weighted by molar-refractivity contribution is 7.81. The molecule has 0 aliphatic heterocycles. The Morgan fingerprint density at radius 1 is 1.53 bits per heavy atom. The molecule has 0 heterocycles. The number of carbonyl (C=O) groups is 2. The second-order valence-corrected chi connectivity index (χ2v) is 3.53. The van der Waals surface area contributed by atoms with Crippen LogP contribution < -0.4 is 0 Å². The molecule has 1 aliphatic carbocycles. The molecule has 3 nitrogen and oxygen atoms in total. The molecule has 15 heavy (non-hydrogen) atoms. The molecule has 0 aromatic heterocycles. The van der Waals surface area contributed by atoms with Gasteiger partial charge in [0.05, 0.1) is 6.61 Å². The van der Waals surface area contributed by atoms with E-state index in [1.165, 1.54) is 0 Å². The minimum absolute atomic E-state index is 0.229. The topological polar surface area (TPSA) is 43.4 Å². The van der Waals surface area contributed by atoms with E-state index in [4.69, 9.17) is 17.0 Å². The molecule has 0 amide bonds. The lowest BCUT2D eigenvalue weighted by atomic mass is 9.99. The van der Waals surface area contributed by atoms with Crippen molar-refractivity contribution in [1.29, 1.82) is 0 Å². The number of thiocarbonyl (C=S) groups is 1. The van der Waals surface area contributed by atoms with Gasteiger partial charge in [0.15, 0.2) is 5.78 Å². The zero-order valence-electron chi connectivity index (χ0n) is 8.49. The molecule has 0 aromatic carbocycles. The largest absolute Gasteiger partial charge is 0.466 e. The quantitative estimate of drug-likeness (QED) is 0.414. The van der Waals surface area contributed by atoms with E-state index < -0.39 is 5.97 Å². The Bertz CT molecular complexity index is 353. The summed E-state index contributed by atoms with van der Waals surface area (Å²) in [6.45, 7) is 1.99. The molecule has 0 aromatic rings. The van der Waals surface area contributed by atoms with Crippen LogP contribution in [0.1, 0.15) is 19.8 Å². The fraction of sp³-hybridized carbons (Fsp3) is 0.364. The van der Waals surface area contributed by atoms with Crippen LogP contribution in [0.25, 0.3) is 0 Å². The van der Waals surface area contributed by atoms with E-state index in [-0.39, 0.29) is 18.8 Å². The van der Waals surface area contributed by atoms with Gasteiger partial charge in [-0.05, 0) is 6.92 Å². The standard InChI is InChI=1S/C11H12O3S/c1-2-14-11(13)7-9(12)8-5-3-4-6-10(8)15/h3-5H,2,6-7H2,1H3. The van der Waals surface area contributed by atoms with Gasteiger partial charge >= 0.3 is 5.97 Å². The maximum atomic E-state index is 11.6. The maximum absolute atomic E-state index is 11.6. The van der Waals surface area contributed by atoms with Crippen molar-refractivity contribution < 1.29 is 14.3 Å². The highest BCUT2D eigenvalue weighted by atomic mass is 32.1. The van der Waals surface area contributed by atoms with Crippen LogP contribution in [0.3, 0.4) is 0 Å². The summed E-state index contributed by atoms with van der Waals surface area (Å²) < 4.78 is 4.69. The van der Waals surface area contributed by atoms with Gasteiger partial charge in [0.1, 0.15) is 6.42 Å². The van der Waals surface area contributed by atoms with Crippen LogP contribution in [0.5, 0.6) is 0 Å². The summed E-state index contributed by atoms with van der Waals surface area (Å²) in [7, 11) is 0. The number of hydrogen-bond donors (Lipinski definition) is 0. The van der Waals surface area contributed by atoms with Gasteiger partial charge in [-0.2, -0.15) is 0 Å². The number of allylic oxidation sites excluding steroid dienone is 4. The van der Waals surface area contributed by atoms with E-state index in [2.05, 4.69) is 0 Å². The Morgan fingerprint density at radius 2 is 2.27 bits per heavy atom. The summed E-state index contributed by atoms with van der Waals surface area (Å²) in [6, 6.07) is 0. The molecule has 1 rings (SSSR count). The van der Waals surface area contributed by atoms with Crippen molar-refractivity contribution >= 4 is 28.8 Å². The molecule has 80 valence electrons. The summed E-state index contributed by atoms with van der Waals surface area (Å²) >= 11 is 5.03. The number of hydrogen-bond acceptors (Lipinski definition) is 4. The third-order valence-electron chi connectivity index (χ3n) is 1.91. The Labute approximate surface area is 93.8 Å². The zero-order chi connectivity index (χ0) is 11.3. The first kappa shape index (κ1) is 11.8. The first-order chi connectivity index (χ1) is 7.15. The maximum Gasteiger partial charge on any atom is 0.313 e. The molecule has 0 atom stereocenters. The smallest absolute Gasteiger partial charge is 0.313 e. The number of ketones is 1. The normalized spacial score (nSPS) is 14.7. The SMILES string of the molecule is CCOC(=O)CC(=O)C1=CC=CCC1=S. The van der Waals surface area contributed by atoms with E-state index in [0.717, 1.165) is 0 Å². The first-order valence-electron chi connectivity index (χ1n) is 4.74. The molecule has 4 heteroatoms. The van der Waals surface area contributed by atoms with E-state index >= 15 is 0 Å². The number of rotatable bonds is 4. The molecular weight excluding hydrogens is 212 g/mol. The van der Waals surface area contributed by atoms with Crippen molar-refractivity contribution in [2.24, 2.45) is 0 Å². The van der Waals surface area contributed by atoms with E-state index in [0.29, 0.717) is 16.9 Å². The molecule has 0 saturated heterocycles. The van der Waals surface area contributed by atoms with Crippen LogP contribution in [0.4, 0.5) is 0 Å². The summed E-state index contributed by atoms with van der Waals surface area (Å²) in [4.78, 5) is 23.3. The van der Waals surface area contributed by atoms with Gasteiger partial charge in [-0.1, -0.05) is 30.4 Å². The third-order valence-corrected chi connectivity index (χ3v) is 2.30. The second-order valence-electron chi connectivity index (χ2n) is 3.04. The van der Waals surface area contributed by atoms with E-state index in [1.807, 2.05) is 6.08 Å². The van der Waals surface area contributed by atoms with Crippen LogP contribution >= 0.6 is 12.2 Å². The average molecular weight is 224 g/mol. The molecule has 0 radical (unpaired) electrons. The van der Waals surface area contributed by atoms with Gasteiger partial charge in [-0.3, -0.25) is 9.59 Å². The number of carbonyl (C=O) groups excluding carboxylic acids is 2. The first-order valence-corrected chi connectivity index (χ1v) is 5.14. The zero-order valence-corrected chi connectivity index (χ0v) is 9.30. The fourth-order valence-electron chi connectivity index (χ4n) is 1.23. The number of esters is 1. The Morgan fingerprint density at radius 3 is 2.87 bits per heavy atom. The minimum Gasteiger partial charge on any atom is -0.466 e. The highest BCUT2D eigenvalue weighted by Crippen LogP contribution is 2.12. The van der Waals surface area contributed by atoms with E-state index in [9.17, 15) is 9.59 Å². The number of ether oxygens (including phenoxy) is 1. The second kappa shape index (κ2) is 5.56. The summed E-state index contributed by atoms with van der Waals surface area (Å²) in [5.74, 6) is -0.761. The van der Waals surface area contributed by atoms with Gasteiger partial charge in [0.25, 0.3) is 0 Å². The van der Waals surface area contributed by atoms with Crippen LogP contribution in [0.2, 0.25) is 0 Å². The molecule has 0 saturated carbocycles. The van der Waals surface area contributed by atoms with Crippen LogP contribution in [-0.4, -0.2) is 23.2 Å². The van der Waals surface area contributed by atoms with Crippen LogP contribution in [0.15, 0.2) is 23.8 Å². The van der Waals surface area contributed by atoms with Crippen molar-refractivity contribution in [2.75, 3.05) is 6.61 Å². The Kier molecular flexibility index (Phi) is 4.37. The Hall–Kier alpha value is -1.29. The molecule has 0 unspecified atom stereocenters. The van der Waals surface area contributed by atoms with Crippen LogP contribution in [0, 0.1) is 0 Å². The highest BCUT2D eigenvalue weighted by Gasteiger charge is 2.18. The molecule has 1 aliphatic rings. The summed E-state index contributed by atoms with van der Waals surface area (Å²) in [5, 5.41) is 0. The Balaban J connectivity index is 2.60. The fourth-order valence-corrected chi connectivity index (χ4v) is 1.51.